The summed E-state index contributed by atoms with van der Waals surface area (Å²) in [6.45, 7) is 5.60. The van der Waals surface area contributed by atoms with Gasteiger partial charge in [-0.05, 0) is 18.4 Å². The maximum Gasteiger partial charge on any atom is 0.251 e. The molecule has 0 heterocycles. The molecule has 0 aliphatic carbocycles. The molecule has 25 heavy (non-hydrogen) atoms. The highest BCUT2D eigenvalue weighted by molar-refractivity contribution is 7.90. The van der Waals surface area contributed by atoms with Gasteiger partial charge < -0.3 is 5.32 Å². The van der Waals surface area contributed by atoms with Gasteiger partial charge in [-0.15, -0.1) is 0 Å². The number of rotatable bonds is 10. The van der Waals surface area contributed by atoms with Crippen LogP contribution < -0.4 is 5.32 Å². The zero-order chi connectivity index (χ0) is 18.9. The number of carbonyl (C=O) groups excluding carboxylic acids is 2. The standard InChI is InChI=1S/C19H25NO4S/c1-4-5-9-15(2)19(22)20-17(12-13-25(3,23)24)18(21)14-16-10-7-6-8-11-16/h5-11,17H,2,4,12-14H2,1,3H3,(H,20,22)/b9-5-. The fourth-order valence-electron chi connectivity index (χ4n) is 2.15. The average Bonchev–Trinajstić information content (AvgIpc) is 2.56. The first-order valence-corrected chi connectivity index (χ1v) is 10.2. The molecule has 0 radical (unpaired) electrons. The SMILES string of the molecule is C=C(/C=C\CC)C(=O)NC(CCS(C)(=O)=O)C(=O)Cc1ccccc1. The summed E-state index contributed by atoms with van der Waals surface area (Å²) >= 11 is 0. The van der Waals surface area contributed by atoms with Gasteiger partial charge in [-0.1, -0.05) is 56.0 Å². The summed E-state index contributed by atoms with van der Waals surface area (Å²) in [5.74, 6) is -0.865. The molecule has 0 spiro atoms. The first kappa shape index (κ1) is 20.8. The molecule has 0 aliphatic rings. The Labute approximate surface area is 149 Å². The van der Waals surface area contributed by atoms with Crippen LogP contribution >= 0.6 is 0 Å². The highest BCUT2D eigenvalue weighted by atomic mass is 32.2. The van der Waals surface area contributed by atoms with Crippen LogP contribution in [-0.4, -0.2) is 38.2 Å². The number of Topliss-reactive ketones (excluding diaryl/α,β-unsaturated/α-hetero) is 1. The second kappa shape index (κ2) is 9.93. The van der Waals surface area contributed by atoms with Gasteiger partial charge in [0.2, 0.25) is 0 Å². The van der Waals surface area contributed by atoms with Crippen molar-refractivity contribution in [2.24, 2.45) is 0 Å². The lowest BCUT2D eigenvalue weighted by atomic mass is 10.0. The lowest BCUT2D eigenvalue weighted by molar-refractivity contribution is -0.125. The van der Waals surface area contributed by atoms with Gasteiger partial charge in [0.25, 0.3) is 5.91 Å². The highest BCUT2D eigenvalue weighted by Crippen LogP contribution is 2.07. The van der Waals surface area contributed by atoms with E-state index in [1.165, 1.54) is 0 Å². The number of allylic oxidation sites excluding steroid dienone is 1. The van der Waals surface area contributed by atoms with Crippen molar-refractivity contribution in [2.75, 3.05) is 12.0 Å². The lowest BCUT2D eigenvalue weighted by Gasteiger charge is -2.17. The summed E-state index contributed by atoms with van der Waals surface area (Å²) in [6.07, 6.45) is 5.42. The van der Waals surface area contributed by atoms with Gasteiger partial charge in [0.05, 0.1) is 11.8 Å². The van der Waals surface area contributed by atoms with Crippen LogP contribution in [0.15, 0.2) is 54.6 Å². The van der Waals surface area contributed by atoms with Crippen molar-refractivity contribution in [3.05, 3.63) is 60.2 Å². The van der Waals surface area contributed by atoms with E-state index in [-0.39, 0.29) is 30.0 Å². The molecule has 0 saturated carbocycles. The molecule has 1 N–H and O–H groups in total. The Hall–Kier alpha value is -2.21. The molecule has 6 heteroatoms. The highest BCUT2D eigenvalue weighted by Gasteiger charge is 2.23. The summed E-state index contributed by atoms with van der Waals surface area (Å²) < 4.78 is 22.8. The van der Waals surface area contributed by atoms with Crippen LogP contribution in [-0.2, 0) is 25.8 Å². The number of amides is 1. The van der Waals surface area contributed by atoms with Crippen LogP contribution in [0, 0.1) is 0 Å². The monoisotopic (exact) mass is 363 g/mol. The molecule has 0 aliphatic heterocycles. The molecule has 0 aromatic heterocycles. The van der Waals surface area contributed by atoms with Crippen LogP contribution in [0.2, 0.25) is 0 Å². The second-order valence-electron chi connectivity index (χ2n) is 5.91. The van der Waals surface area contributed by atoms with Crippen molar-refractivity contribution in [2.45, 2.75) is 32.2 Å². The Balaban J connectivity index is 2.84. The predicted molar refractivity (Wildman–Crippen MR) is 100.0 cm³/mol. The zero-order valence-electron chi connectivity index (χ0n) is 14.7. The van der Waals surface area contributed by atoms with E-state index in [0.717, 1.165) is 18.2 Å². The molecule has 1 aromatic rings. The third-order valence-corrected chi connectivity index (χ3v) is 4.52. The molecule has 0 saturated heterocycles. The molecule has 1 unspecified atom stereocenters. The van der Waals surface area contributed by atoms with Crippen LogP contribution in [0.25, 0.3) is 0 Å². The molecular formula is C19H25NO4S. The Morgan fingerprint density at radius 2 is 1.88 bits per heavy atom. The first-order valence-electron chi connectivity index (χ1n) is 8.13. The number of ketones is 1. The van der Waals surface area contributed by atoms with Gasteiger partial charge in [-0.2, -0.15) is 0 Å². The van der Waals surface area contributed by atoms with Crippen molar-refractivity contribution >= 4 is 21.5 Å². The number of hydrogen-bond acceptors (Lipinski definition) is 4. The van der Waals surface area contributed by atoms with Gasteiger partial charge in [-0.25, -0.2) is 8.42 Å². The largest absolute Gasteiger partial charge is 0.342 e. The predicted octanol–water partition coefficient (Wildman–Crippen LogP) is 2.24. The third kappa shape index (κ3) is 8.44. The molecule has 5 nitrogen and oxygen atoms in total. The number of hydrogen-bond donors (Lipinski definition) is 1. The molecule has 0 fully saturated rings. The van der Waals surface area contributed by atoms with E-state index in [1.54, 1.807) is 12.2 Å². The van der Waals surface area contributed by atoms with Gasteiger partial charge in [0.15, 0.2) is 5.78 Å². The molecule has 1 rings (SSSR count). The summed E-state index contributed by atoms with van der Waals surface area (Å²) in [7, 11) is -3.24. The summed E-state index contributed by atoms with van der Waals surface area (Å²) in [6, 6.07) is 8.26. The normalized spacial score (nSPS) is 12.7. The van der Waals surface area contributed by atoms with Crippen molar-refractivity contribution < 1.29 is 18.0 Å². The topological polar surface area (TPSA) is 80.3 Å². The summed E-state index contributed by atoms with van der Waals surface area (Å²) in [5, 5.41) is 2.61. The quantitative estimate of drug-likeness (QED) is 0.511. The first-order chi connectivity index (χ1) is 11.7. The number of nitrogens with one attached hydrogen (secondary N) is 1. The van der Waals surface area contributed by atoms with E-state index < -0.39 is 21.8 Å². The Morgan fingerprint density at radius 1 is 1.24 bits per heavy atom. The minimum absolute atomic E-state index is 0.0427. The summed E-state index contributed by atoms with van der Waals surface area (Å²) in [4.78, 5) is 24.7. The molecule has 136 valence electrons. The molecule has 1 atom stereocenters. The Kier molecular flexibility index (Phi) is 8.28. The molecule has 1 amide bonds. The van der Waals surface area contributed by atoms with E-state index in [2.05, 4.69) is 11.9 Å². The van der Waals surface area contributed by atoms with Gasteiger partial charge in [0.1, 0.15) is 9.84 Å². The van der Waals surface area contributed by atoms with E-state index in [4.69, 9.17) is 0 Å². The van der Waals surface area contributed by atoms with Crippen molar-refractivity contribution in [1.82, 2.24) is 5.32 Å². The van der Waals surface area contributed by atoms with Crippen LogP contribution in [0.1, 0.15) is 25.3 Å². The minimum atomic E-state index is -3.24. The number of benzene rings is 1. The molecule has 0 bridgehead atoms. The summed E-state index contributed by atoms with van der Waals surface area (Å²) in [5.41, 5.74) is 1.05. The fourth-order valence-corrected chi connectivity index (χ4v) is 2.82. The van der Waals surface area contributed by atoms with Gasteiger partial charge in [-0.3, -0.25) is 9.59 Å². The molecular weight excluding hydrogens is 338 g/mol. The number of carbonyl (C=O) groups is 2. The lowest BCUT2D eigenvalue weighted by Crippen LogP contribution is -2.43. The Bertz CT molecular complexity index is 736. The molecule has 1 aromatic carbocycles. The smallest absolute Gasteiger partial charge is 0.251 e. The minimum Gasteiger partial charge on any atom is -0.342 e. The maximum absolute atomic E-state index is 12.5. The van der Waals surface area contributed by atoms with E-state index in [1.807, 2.05) is 37.3 Å². The van der Waals surface area contributed by atoms with Crippen LogP contribution in [0.5, 0.6) is 0 Å². The van der Waals surface area contributed by atoms with E-state index in [0.29, 0.717) is 0 Å². The average molecular weight is 363 g/mol. The van der Waals surface area contributed by atoms with Gasteiger partial charge in [0, 0.05) is 18.2 Å². The Morgan fingerprint density at radius 3 is 2.44 bits per heavy atom. The fraction of sp³-hybridized carbons (Fsp3) is 0.368. The van der Waals surface area contributed by atoms with E-state index >= 15 is 0 Å². The van der Waals surface area contributed by atoms with Crippen LogP contribution in [0.3, 0.4) is 0 Å². The number of sulfone groups is 1. The maximum atomic E-state index is 12.5. The third-order valence-electron chi connectivity index (χ3n) is 3.54. The second-order valence-corrected chi connectivity index (χ2v) is 8.17. The van der Waals surface area contributed by atoms with E-state index in [9.17, 15) is 18.0 Å². The van der Waals surface area contributed by atoms with Crippen molar-refractivity contribution in [1.29, 1.82) is 0 Å². The van der Waals surface area contributed by atoms with Crippen molar-refractivity contribution in [3.8, 4) is 0 Å². The van der Waals surface area contributed by atoms with Crippen molar-refractivity contribution in [3.63, 3.8) is 0 Å². The zero-order valence-corrected chi connectivity index (χ0v) is 15.5. The van der Waals surface area contributed by atoms with Gasteiger partial charge >= 0.3 is 0 Å². The van der Waals surface area contributed by atoms with Crippen LogP contribution in [0.4, 0.5) is 0 Å².